The lowest BCUT2D eigenvalue weighted by Crippen LogP contribution is -2.42. The molecule has 0 aromatic heterocycles. The van der Waals surface area contributed by atoms with Crippen LogP contribution in [0.25, 0.3) is 0 Å². The predicted molar refractivity (Wildman–Crippen MR) is 67.2 cm³/mol. The van der Waals surface area contributed by atoms with Crippen molar-refractivity contribution in [3.63, 3.8) is 0 Å². The Morgan fingerprint density at radius 2 is 2.15 bits per heavy atom. The van der Waals surface area contributed by atoms with Gasteiger partial charge in [0.2, 0.25) is 0 Å². The molecule has 0 bridgehead atoms. The van der Waals surface area contributed by atoms with Crippen molar-refractivity contribution in [2.75, 3.05) is 13.1 Å². The molecule has 1 N–H and O–H groups in total. The zero-order chi connectivity index (χ0) is 14.8. The van der Waals surface area contributed by atoms with E-state index in [2.05, 4.69) is 5.32 Å². The van der Waals surface area contributed by atoms with Crippen LogP contribution in [0.1, 0.15) is 24.5 Å². The van der Waals surface area contributed by atoms with E-state index < -0.39 is 11.7 Å². The maximum absolute atomic E-state index is 12.6. The Morgan fingerprint density at radius 1 is 1.40 bits per heavy atom. The van der Waals surface area contributed by atoms with Crippen LogP contribution in [0.3, 0.4) is 0 Å². The minimum Gasteiger partial charge on any atom is -0.487 e. The van der Waals surface area contributed by atoms with E-state index in [1.165, 1.54) is 6.07 Å². The van der Waals surface area contributed by atoms with Gasteiger partial charge in [0, 0.05) is 6.54 Å². The molecule has 1 fully saturated rings. The fourth-order valence-corrected chi connectivity index (χ4v) is 2.18. The molecule has 1 aromatic carbocycles. The fourth-order valence-electron chi connectivity index (χ4n) is 2.18. The molecule has 2 rings (SSSR count). The molecule has 1 heterocycles. The van der Waals surface area contributed by atoms with E-state index >= 15 is 0 Å². The Bertz CT molecular complexity index is 522. The highest BCUT2D eigenvalue weighted by atomic mass is 19.4. The molecule has 0 saturated carbocycles. The highest BCUT2D eigenvalue weighted by molar-refractivity contribution is 5.46. The van der Waals surface area contributed by atoms with Crippen LogP contribution in [0, 0.1) is 17.2 Å². The van der Waals surface area contributed by atoms with Crippen LogP contribution in [-0.4, -0.2) is 19.2 Å². The topological polar surface area (TPSA) is 45.0 Å². The molecule has 20 heavy (non-hydrogen) atoms. The number of rotatable bonds is 2. The first-order chi connectivity index (χ1) is 9.41. The van der Waals surface area contributed by atoms with Gasteiger partial charge >= 0.3 is 6.18 Å². The third-order valence-corrected chi connectivity index (χ3v) is 3.46. The number of hydrogen-bond donors (Lipinski definition) is 1. The number of nitriles is 1. The maximum atomic E-state index is 12.6. The third kappa shape index (κ3) is 3.23. The molecule has 1 aromatic rings. The number of nitrogens with one attached hydrogen (secondary N) is 1. The molecule has 3 nitrogen and oxygen atoms in total. The highest BCUT2D eigenvalue weighted by Gasteiger charge is 2.31. The average Bonchev–Trinajstić information content (AvgIpc) is 2.40. The summed E-state index contributed by atoms with van der Waals surface area (Å²) >= 11 is 0. The minimum atomic E-state index is -4.45. The lowest BCUT2D eigenvalue weighted by atomic mass is 9.97. The molecule has 1 aliphatic heterocycles. The average molecular weight is 284 g/mol. The van der Waals surface area contributed by atoms with Gasteiger partial charge in [-0.05, 0) is 37.1 Å². The summed E-state index contributed by atoms with van der Waals surface area (Å²) in [6.45, 7) is 3.56. The Labute approximate surface area is 115 Å². The van der Waals surface area contributed by atoms with Crippen molar-refractivity contribution in [3.05, 3.63) is 29.3 Å². The van der Waals surface area contributed by atoms with Crippen molar-refractivity contribution in [2.45, 2.75) is 25.6 Å². The molecular formula is C14H15F3N2O. The lowest BCUT2D eigenvalue weighted by molar-refractivity contribution is -0.137. The van der Waals surface area contributed by atoms with Gasteiger partial charge in [-0.3, -0.25) is 0 Å². The summed E-state index contributed by atoms with van der Waals surface area (Å²) < 4.78 is 43.5. The first-order valence-corrected chi connectivity index (χ1v) is 6.40. The molecule has 0 spiro atoms. The second-order valence-corrected chi connectivity index (χ2v) is 4.95. The molecule has 2 atom stereocenters. The summed E-state index contributed by atoms with van der Waals surface area (Å²) in [6, 6.07) is 4.76. The van der Waals surface area contributed by atoms with Crippen LogP contribution in [0.15, 0.2) is 18.2 Å². The van der Waals surface area contributed by atoms with Crippen molar-refractivity contribution >= 4 is 0 Å². The van der Waals surface area contributed by atoms with Crippen molar-refractivity contribution < 1.29 is 17.9 Å². The van der Waals surface area contributed by atoms with Gasteiger partial charge in [0.25, 0.3) is 0 Å². The van der Waals surface area contributed by atoms with Gasteiger partial charge in [0.1, 0.15) is 17.9 Å². The summed E-state index contributed by atoms with van der Waals surface area (Å²) in [4.78, 5) is 0. The van der Waals surface area contributed by atoms with Crippen LogP contribution in [0.4, 0.5) is 13.2 Å². The third-order valence-electron chi connectivity index (χ3n) is 3.46. The van der Waals surface area contributed by atoms with Crippen LogP contribution in [0.2, 0.25) is 0 Å². The SMILES string of the molecule is CC1CCNCC1Oc1ccc(C(F)(F)F)cc1C#N. The number of piperidine rings is 1. The molecule has 108 valence electrons. The maximum Gasteiger partial charge on any atom is 0.416 e. The van der Waals surface area contributed by atoms with E-state index in [-0.39, 0.29) is 17.4 Å². The summed E-state index contributed by atoms with van der Waals surface area (Å²) in [6.07, 6.45) is -3.65. The van der Waals surface area contributed by atoms with Crippen LogP contribution >= 0.6 is 0 Å². The van der Waals surface area contributed by atoms with Gasteiger partial charge in [0.15, 0.2) is 0 Å². The molecule has 2 unspecified atom stereocenters. The van der Waals surface area contributed by atoms with Crippen molar-refractivity contribution in [2.24, 2.45) is 5.92 Å². The van der Waals surface area contributed by atoms with E-state index in [1.54, 1.807) is 6.07 Å². The Balaban J connectivity index is 2.22. The predicted octanol–water partition coefficient (Wildman–Crippen LogP) is 2.95. The van der Waals surface area contributed by atoms with E-state index in [4.69, 9.17) is 10.00 Å². The lowest BCUT2D eigenvalue weighted by Gasteiger charge is -2.30. The van der Waals surface area contributed by atoms with Gasteiger partial charge in [-0.2, -0.15) is 18.4 Å². The smallest absolute Gasteiger partial charge is 0.416 e. The molecule has 6 heteroatoms. The second kappa shape index (κ2) is 5.71. The number of benzene rings is 1. The quantitative estimate of drug-likeness (QED) is 0.908. The standard InChI is InChI=1S/C14H15F3N2O/c1-9-4-5-19-8-13(9)20-12-3-2-11(14(15,16)17)6-10(12)7-18/h2-3,6,9,13,19H,4-5,8H2,1H3. The Morgan fingerprint density at radius 3 is 2.75 bits per heavy atom. The molecule has 0 aliphatic carbocycles. The van der Waals surface area contributed by atoms with E-state index in [0.29, 0.717) is 12.5 Å². The van der Waals surface area contributed by atoms with Gasteiger partial charge in [-0.15, -0.1) is 0 Å². The van der Waals surface area contributed by atoms with Crippen molar-refractivity contribution in [3.8, 4) is 11.8 Å². The molecule has 0 amide bonds. The molecular weight excluding hydrogens is 269 g/mol. The van der Waals surface area contributed by atoms with Gasteiger partial charge in [-0.25, -0.2) is 0 Å². The zero-order valence-corrected chi connectivity index (χ0v) is 11.0. The van der Waals surface area contributed by atoms with Gasteiger partial charge in [0.05, 0.1) is 11.1 Å². The molecule has 1 aliphatic rings. The monoisotopic (exact) mass is 284 g/mol. The number of hydrogen-bond acceptors (Lipinski definition) is 3. The number of nitrogens with zero attached hydrogens (tertiary/aromatic N) is 1. The minimum absolute atomic E-state index is 0.0856. The second-order valence-electron chi connectivity index (χ2n) is 4.95. The number of halogens is 3. The van der Waals surface area contributed by atoms with Crippen LogP contribution in [0.5, 0.6) is 5.75 Å². The van der Waals surface area contributed by atoms with Gasteiger partial charge < -0.3 is 10.1 Å². The normalized spacial score (nSPS) is 23.1. The van der Waals surface area contributed by atoms with Gasteiger partial charge in [-0.1, -0.05) is 6.92 Å². The number of ether oxygens (including phenoxy) is 1. The van der Waals surface area contributed by atoms with E-state index in [1.807, 2.05) is 6.92 Å². The first-order valence-electron chi connectivity index (χ1n) is 6.40. The molecule has 0 radical (unpaired) electrons. The first kappa shape index (κ1) is 14.7. The highest BCUT2D eigenvalue weighted by Crippen LogP contribution is 2.33. The largest absolute Gasteiger partial charge is 0.487 e. The van der Waals surface area contributed by atoms with Crippen LogP contribution in [-0.2, 0) is 6.18 Å². The Hall–Kier alpha value is -1.74. The van der Waals surface area contributed by atoms with E-state index in [9.17, 15) is 13.2 Å². The summed E-state index contributed by atoms with van der Waals surface area (Å²) in [7, 11) is 0. The zero-order valence-electron chi connectivity index (χ0n) is 11.0. The Kier molecular flexibility index (Phi) is 4.19. The van der Waals surface area contributed by atoms with Crippen molar-refractivity contribution in [1.29, 1.82) is 5.26 Å². The fraction of sp³-hybridized carbons (Fsp3) is 0.500. The van der Waals surface area contributed by atoms with Crippen molar-refractivity contribution in [1.82, 2.24) is 5.32 Å². The molecule has 1 saturated heterocycles. The summed E-state index contributed by atoms with van der Waals surface area (Å²) in [5, 5.41) is 12.2. The summed E-state index contributed by atoms with van der Waals surface area (Å²) in [5.74, 6) is 0.506. The number of alkyl halides is 3. The van der Waals surface area contributed by atoms with Crippen LogP contribution < -0.4 is 10.1 Å². The summed E-state index contributed by atoms with van der Waals surface area (Å²) in [5.41, 5.74) is -0.922. The van der Waals surface area contributed by atoms with E-state index in [0.717, 1.165) is 25.1 Å².